The average molecular weight is 656 g/mol. The Balaban J connectivity index is 1.62. The second-order valence-corrected chi connectivity index (χ2v) is 12.2. The number of carbonyl (C=O) groups is 3. The number of likely N-dealkylation sites (tertiary alicyclic amines) is 1. The standard InChI is InChI=1S/C35H34FN5O7/c1-34(2,3)35(13-7-14-41(35)33(44)45)32(43)38-23-9-5-8-21(16-23)25-18-27(24-12-11-22(36)17-29(24)48-20-46-4)39-30(26(25)19-37)40-31(42)28-10-6-15-47-28/h5-6,8-12,15-18H,7,13-14,20H2,1-4H3,(H,38,43)(H,44,45)(H,39,40,42)/t35-/m0/s1. The Bertz CT molecular complexity index is 1900. The van der Waals surface area contributed by atoms with Crippen LogP contribution >= 0.6 is 0 Å². The van der Waals surface area contributed by atoms with Gasteiger partial charge in [0, 0.05) is 36.5 Å². The molecule has 1 aliphatic heterocycles. The number of halogens is 1. The van der Waals surface area contributed by atoms with Gasteiger partial charge in [0.2, 0.25) is 0 Å². The third kappa shape index (κ3) is 6.43. The Labute approximate surface area is 276 Å². The number of pyridine rings is 1. The lowest BCUT2D eigenvalue weighted by Gasteiger charge is -2.45. The zero-order chi connectivity index (χ0) is 34.6. The number of nitrogens with one attached hydrogen (secondary N) is 2. The van der Waals surface area contributed by atoms with E-state index in [1.165, 1.54) is 48.6 Å². The van der Waals surface area contributed by atoms with Gasteiger partial charge in [-0.2, -0.15) is 5.26 Å². The smallest absolute Gasteiger partial charge is 0.408 e. The molecule has 1 atom stereocenters. The van der Waals surface area contributed by atoms with Crippen LogP contribution in [0.1, 0.15) is 49.7 Å². The first kappa shape index (κ1) is 33.6. The third-order valence-electron chi connectivity index (χ3n) is 8.32. The Morgan fingerprint density at radius 1 is 1.10 bits per heavy atom. The first-order chi connectivity index (χ1) is 22.9. The van der Waals surface area contributed by atoms with Crippen LogP contribution in [0, 0.1) is 22.6 Å². The van der Waals surface area contributed by atoms with E-state index in [9.17, 15) is 29.1 Å². The number of nitrogens with zero attached hydrogens (tertiary/aromatic N) is 3. The number of aromatic nitrogens is 1. The van der Waals surface area contributed by atoms with Crippen molar-refractivity contribution in [2.75, 3.05) is 31.1 Å². The maximum atomic E-state index is 14.3. The third-order valence-corrected chi connectivity index (χ3v) is 8.32. The molecule has 4 aromatic rings. The first-order valence-electron chi connectivity index (χ1n) is 15.0. The molecular formula is C35H34FN5O7. The van der Waals surface area contributed by atoms with Crippen molar-refractivity contribution in [1.82, 2.24) is 9.88 Å². The second kappa shape index (κ2) is 13.5. The highest BCUT2D eigenvalue weighted by Gasteiger charge is 2.57. The molecule has 1 saturated heterocycles. The molecule has 2 aromatic heterocycles. The summed E-state index contributed by atoms with van der Waals surface area (Å²) >= 11 is 0. The molecule has 13 heteroatoms. The zero-order valence-electron chi connectivity index (χ0n) is 26.8. The molecule has 0 spiro atoms. The highest BCUT2D eigenvalue weighted by atomic mass is 19.1. The van der Waals surface area contributed by atoms with E-state index in [-0.39, 0.29) is 41.9 Å². The van der Waals surface area contributed by atoms with Crippen molar-refractivity contribution in [2.24, 2.45) is 5.41 Å². The van der Waals surface area contributed by atoms with Gasteiger partial charge in [0.05, 0.1) is 12.0 Å². The fraction of sp³-hybridized carbons (Fsp3) is 0.286. The quantitative estimate of drug-likeness (QED) is 0.165. The molecule has 3 N–H and O–H groups in total. The van der Waals surface area contributed by atoms with E-state index >= 15 is 0 Å². The number of hydrogen-bond acceptors (Lipinski definition) is 8. The summed E-state index contributed by atoms with van der Waals surface area (Å²) in [5, 5.41) is 25.9. The van der Waals surface area contributed by atoms with Crippen molar-refractivity contribution in [3.8, 4) is 34.2 Å². The van der Waals surface area contributed by atoms with Crippen molar-refractivity contribution in [1.29, 1.82) is 5.26 Å². The van der Waals surface area contributed by atoms with Gasteiger partial charge in [0.15, 0.2) is 18.4 Å². The van der Waals surface area contributed by atoms with Crippen LogP contribution in [0.2, 0.25) is 0 Å². The summed E-state index contributed by atoms with van der Waals surface area (Å²) in [4.78, 5) is 45.0. The number of anilines is 2. The molecule has 48 heavy (non-hydrogen) atoms. The molecule has 5 rings (SSSR count). The molecule has 0 aliphatic carbocycles. The van der Waals surface area contributed by atoms with Crippen molar-refractivity contribution in [3.05, 3.63) is 84.1 Å². The van der Waals surface area contributed by atoms with Crippen LogP contribution in [0.3, 0.4) is 0 Å². The maximum absolute atomic E-state index is 14.3. The van der Waals surface area contributed by atoms with Crippen LogP contribution in [0.25, 0.3) is 22.4 Å². The van der Waals surface area contributed by atoms with Crippen LogP contribution in [-0.2, 0) is 9.53 Å². The van der Waals surface area contributed by atoms with Crippen LogP contribution in [0.4, 0.5) is 20.7 Å². The number of carbonyl (C=O) groups excluding carboxylic acids is 2. The van der Waals surface area contributed by atoms with Crippen LogP contribution < -0.4 is 15.4 Å². The van der Waals surface area contributed by atoms with Gasteiger partial charge in [-0.1, -0.05) is 32.9 Å². The number of ether oxygens (including phenoxy) is 2. The zero-order valence-corrected chi connectivity index (χ0v) is 26.8. The van der Waals surface area contributed by atoms with Gasteiger partial charge in [-0.3, -0.25) is 14.5 Å². The van der Waals surface area contributed by atoms with Crippen molar-refractivity contribution in [2.45, 2.75) is 39.2 Å². The van der Waals surface area contributed by atoms with E-state index in [0.717, 1.165) is 0 Å². The summed E-state index contributed by atoms with van der Waals surface area (Å²) < 4.78 is 30.1. The second-order valence-electron chi connectivity index (χ2n) is 12.2. The number of furan rings is 1. The van der Waals surface area contributed by atoms with E-state index in [0.29, 0.717) is 35.2 Å². The highest BCUT2D eigenvalue weighted by molar-refractivity contribution is 6.04. The summed E-state index contributed by atoms with van der Waals surface area (Å²) in [5.41, 5.74) is -0.316. The van der Waals surface area contributed by atoms with Crippen LogP contribution in [-0.4, -0.2) is 58.9 Å². The molecule has 0 radical (unpaired) electrons. The number of carboxylic acid groups (broad SMARTS) is 1. The Morgan fingerprint density at radius 2 is 1.90 bits per heavy atom. The molecule has 0 saturated carbocycles. The summed E-state index contributed by atoms with van der Waals surface area (Å²) in [6, 6.07) is 17.2. The van der Waals surface area contributed by atoms with Crippen LogP contribution in [0.15, 0.2) is 71.3 Å². The summed E-state index contributed by atoms with van der Waals surface area (Å²) in [6.45, 7) is 5.55. The van der Waals surface area contributed by atoms with E-state index in [1.54, 1.807) is 30.3 Å². The van der Waals surface area contributed by atoms with E-state index in [4.69, 9.17) is 13.9 Å². The van der Waals surface area contributed by atoms with Crippen molar-refractivity contribution in [3.63, 3.8) is 0 Å². The summed E-state index contributed by atoms with van der Waals surface area (Å²) in [7, 11) is 1.42. The fourth-order valence-corrected chi connectivity index (χ4v) is 6.07. The molecule has 3 heterocycles. The number of methoxy groups -OCH3 is 1. The number of nitriles is 1. The normalized spacial score (nSPS) is 15.9. The van der Waals surface area contributed by atoms with E-state index in [2.05, 4.69) is 21.7 Å². The van der Waals surface area contributed by atoms with Gasteiger partial charge in [-0.25, -0.2) is 14.2 Å². The molecule has 2 aromatic carbocycles. The predicted octanol–water partition coefficient (Wildman–Crippen LogP) is 6.75. The molecule has 12 nitrogen and oxygen atoms in total. The predicted molar refractivity (Wildman–Crippen MR) is 174 cm³/mol. The maximum Gasteiger partial charge on any atom is 0.408 e. The van der Waals surface area contributed by atoms with Gasteiger partial charge in [0.1, 0.15) is 28.7 Å². The van der Waals surface area contributed by atoms with Gasteiger partial charge in [0.25, 0.3) is 11.8 Å². The SMILES string of the molecule is COCOc1cc(F)ccc1-c1cc(-c2cccc(NC(=O)[C@]3(C(C)(C)C)CCCN3C(=O)O)c2)c(C#N)c(NC(=O)c2ccco2)n1. The van der Waals surface area contributed by atoms with Crippen molar-refractivity contribution >= 4 is 29.4 Å². The van der Waals surface area contributed by atoms with Gasteiger partial charge >= 0.3 is 6.09 Å². The molecule has 1 aliphatic rings. The lowest BCUT2D eigenvalue weighted by molar-refractivity contribution is -0.131. The minimum absolute atomic E-state index is 0.00242. The largest absolute Gasteiger partial charge is 0.467 e. The van der Waals surface area contributed by atoms with E-state index in [1.807, 2.05) is 20.8 Å². The molecule has 3 amide bonds. The molecule has 248 valence electrons. The number of hydrogen-bond donors (Lipinski definition) is 3. The molecular weight excluding hydrogens is 621 g/mol. The van der Waals surface area contributed by atoms with Crippen LogP contribution in [0.5, 0.6) is 5.75 Å². The first-order valence-corrected chi connectivity index (χ1v) is 15.0. The van der Waals surface area contributed by atoms with E-state index < -0.39 is 34.7 Å². The molecule has 1 fully saturated rings. The molecule has 0 unspecified atom stereocenters. The minimum atomic E-state index is -1.32. The summed E-state index contributed by atoms with van der Waals surface area (Å²) in [6.07, 6.45) is 1.05. The molecule has 0 bridgehead atoms. The monoisotopic (exact) mass is 655 g/mol. The Morgan fingerprint density at radius 3 is 2.56 bits per heavy atom. The fourth-order valence-electron chi connectivity index (χ4n) is 6.07. The number of amides is 3. The highest BCUT2D eigenvalue weighted by Crippen LogP contribution is 2.45. The summed E-state index contributed by atoms with van der Waals surface area (Å²) in [5.74, 6) is -1.70. The lowest BCUT2D eigenvalue weighted by atomic mass is 9.71. The lowest BCUT2D eigenvalue weighted by Crippen LogP contribution is -2.62. The van der Waals surface area contributed by atoms with Gasteiger partial charge in [-0.05, 0) is 66.3 Å². The van der Waals surface area contributed by atoms with Crippen molar-refractivity contribution < 1.29 is 37.8 Å². The number of rotatable bonds is 9. The Hall–Kier alpha value is -5.74. The van der Waals surface area contributed by atoms with Gasteiger partial charge < -0.3 is 29.6 Å². The topological polar surface area (TPSA) is 167 Å². The average Bonchev–Trinajstić information content (AvgIpc) is 3.75. The number of benzene rings is 2. The van der Waals surface area contributed by atoms with Gasteiger partial charge in [-0.15, -0.1) is 0 Å². The Kier molecular flexibility index (Phi) is 9.49. The minimum Gasteiger partial charge on any atom is -0.467 e.